The maximum absolute atomic E-state index is 13.7. The number of aliphatic carboxylic acids is 1. The lowest BCUT2D eigenvalue weighted by Gasteiger charge is -2.31. The van der Waals surface area contributed by atoms with E-state index in [2.05, 4.69) is 23.1 Å². The number of halogens is 1. The molecule has 1 unspecified atom stereocenters. The van der Waals surface area contributed by atoms with Crippen LogP contribution < -0.4 is 20.7 Å². The first-order valence-electron chi connectivity index (χ1n) is 16.0. The van der Waals surface area contributed by atoms with Gasteiger partial charge in [-0.05, 0) is 87.7 Å². The van der Waals surface area contributed by atoms with Gasteiger partial charge in [0.1, 0.15) is 23.3 Å². The molecule has 1 aliphatic rings. The number of carbonyl (C=O) groups excluding carboxylic acids is 2. The molecule has 0 aromatic heterocycles. The molecule has 1 saturated heterocycles. The van der Waals surface area contributed by atoms with Gasteiger partial charge < -0.3 is 25.8 Å². The van der Waals surface area contributed by atoms with Gasteiger partial charge >= 0.3 is 18.1 Å². The van der Waals surface area contributed by atoms with Gasteiger partial charge in [-0.3, -0.25) is 19.7 Å². The second kappa shape index (κ2) is 20.5. The summed E-state index contributed by atoms with van der Waals surface area (Å²) in [6.07, 6.45) is 11.5. The maximum Gasteiger partial charge on any atom is 0.415 e. The highest BCUT2D eigenvalue weighted by Gasteiger charge is 2.28. The van der Waals surface area contributed by atoms with E-state index in [-0.39, 0.29) is 43.3 Å². The van der Waals surface area contributed by atoms with Crippen molar-refractivity contribution in [3.05, 3.63) is 71.0 Å². The van der Waals surface area contributed by atoms with Crippen LogP contribution in [0, 0.1) is 12.8 Å². The second-order valence-corrected chi connectivity index (χ2v) is 11.3. The molecule has 48 heavy (non-hydrogen) atoms. The first-order valence-corrected chi connectivity index (χ1v) is 16.4. The first kappa shape index (κ1) is 39.4. The quantitative estimate of drug-likeness (QED) is 0.140. The molecule has 1 fully saturated rings. The minimum Gasteiger partial charge on any atom is -0.480 e. The Bertz CT molecular complexity index is 1400. The van der Waals surface area contributed by atoms with E-state index >= 15 is 0 Å². The van der Waals surface area contributed by atoms with Gasteiger partial charge in [0.2, 0.25) is 0 Å². The van der Waals surface area contributed by atoms with Crippen LogP contribution >= 0.6 is 11.6 Å². The topological polar surface area (TPSA) is 144 Å². The number of hydrogen-bond donors (Lipinski definition) is 3. The largest absolute Gasteiger partial charge is 0.480 e. The Morgan fingerprint density at radius 3 is 2.17 bits per heavy atom. The molecule has 3 rings (SSSR count). The van der Waals surface area contributed by atoms with Crippen molar-refractivity contribution in [1.29, 1.82) is 0 Å². The van der Waals surface area contributed by atoms with Gasteiger partial charge in [-0.1, -0.05) is 37.6 Å². The zero-order valence-corrected chi connectivity index (χ0v) is 29.0. The Morgan fingerprint density at radius 1 is 1.04 bits per heavy atom. The van der Waals surface area contributed by atoms with E-state index in [0.29, 0.717) is 36.0 Å². The number of nitrogens with two attached hydrogens (primary N) is 1. The number of urea groups is 1. The fourth-order valence-corrected chi connectivity index (χ4v) is 5.11. The number of benzene rings is 2. The van der Waals surface area contributed by atoms with E-state index < -0.39 is 12.0 Å². The molecule has 0 aliphatic carbocycles. The van der Waals surface area contributed by atoms with Crippen molar-refractivity contribution in [3.63, 3.8) is 0 Å². The van der Waals surface area contributed by atoms with E-state index in [1.165, 1.54) is 16.0 Å². The van der Waals surface area contributed by atoms with Gasteiger partial charge in [0.05, 0.1) is 6.67 Å². The molecular weight excluding hydrogens is 634 g/mol. The average molecular weight is 682 g/mol. The highest BCUT2D eigenvalue weighted by atomic mass is 35.5. The van der Waals surface area contributed by atoms with Crippen LogP contribution in [0.1, 0.15) is 45.6 Å². The number of hydrogen-bond acceptors (Lipinski definition) is 7. The third-order valence-electron chi connectivity index (χ3n) is 7.89. The standard InChI is InChI=1S/C33H46ClN7O5.C2H2/c1-5-39(6-2)23-36-30(29(22-35)41(7-3)32(44)38(4)26-15-13-25(34)14-16-26)37-28(31(42)43)19-12-24-10-17-27(18-11-24)46-33(45)40-20-8-9-21-40;1-2/h10-11,13-18,22,28H,5-9,12,19-21,23,35H2,1-4H3,(H,36,37)(H,42,43);1-2H/b29-22+;. The number of nitrogens with zero attached hydrogens (tertiary/aromatic N) is 5. The fourth-order valence-electron chi connectivity index (χ4n) is 4.98. The molecular formula is C35H48ClN7O5. The van der Waals surface area contributed by atoms with E-state index in [4.69, 9.17) is 27.1 Å². The normalized spacial score (nSPS) is 13.7. The number of likely N-dealkylation sites (N-methyl/N-ethyl adjacent to an activating group) is 1. The summed E-state index contributed by atoms with van der Waals surface area (Å²) in [6, 6.07) is 12.5. The monoisotopic (exact) mass is 681 g/mol. The van der Waals surface area contributed by atoms with Crippen molar-refractivity contribution in [2.24, 2.45) is 10.7 Å². The summed E-state index contributed by atoms with van der Waals surface area (Å²) < 4.78 is 5.48. The van der Waals surface area contributed by atoms with Crippen molar-refractivity contribution < 1.29 is 24.2 Å². The Balaban J connectivity index is 0.00000392. The lowest BCUT2D eigenvalue weighted by molar-refractivity contribution is -0.139. The van der Waals surface area contributed by atoms with Crippen molar-refractivity contribution in [2.75, 3.05) is 51.3 Å². The third-order valence-corrected chi connectivity index (χ3v) is 8.14. The number of carboxylic acid groups (broad SMARTS) is 1. The van der Waals surface area contributed by atoms with Crippen molar-refractivity contribution in [3.8, 4) is 18.6 Å². The number of carbonyl (C=O) groups is 3. The molecule has 1 heterocycles. The highest BCUT2D eigenvalue weighted by Crippen LogP contribution is 2.21. The SMILES string of the molecule is C#C.CCN(CC)C/N=C(NC(CCc1ccc(OC(=O)N2CCCC2)cc1)C(=O)O)\C(=C/N)N(CC)C(=O)N(C)c1ccc(Cl)cc1. The summed E-state index contributed by atoms with van der Waals surface area (Å²) >= 11 is 6.04. The number of amides is 3. The number of anilines is 1. The lowest BCUT2D eigenvalue weighted by atomic mass is 10.0. The number of carboxylic acids is 1. The molecule has 4 N–H and O–H groups in total. The molecule has 0 bridgehead atoms. The number of ether oxygens (including phenoxy) is 1. The Hall–Kier alpha value is -4.73. The number of amidine groups is 1. The van der Waals surface area contributed by atoms with Crippen LogP contribution in [-0.4, -0.2) is 96.2 Å². The maximum atomic E-state index is 13.7. The minimum atomic E-state index is -1.07. The van der Waals surface area contributed by atoms with Gasteiger partial charge in [-0.25, -0.2) is 14.4 Å². The zero-order valence-electron chi connectivity index (χ0n) is 28.3. The molecule has 1 aliphatic heterocycles. The molecule has 1 atom stereocenters. The molecule has 2 aromatic carbocycles. The summed E-state index contributed by atoms with van der Waals surface area (Å²) in [7, 11) is 1.64. The van der Waals surface area contributed by atoms with E-state index in [0.717, 1.165) is 31.5 Å². The minimum absolute atomic E-state index is 0.200. The number of aliphatic imine (C=N–C) groups is 1. The summed E-state index contributed by atoms with van der Waals surface area (Å²) in [5.74, 6) is -0.439. The van der Waals surface area contributed by atoms with Crippen molar-refractivity contribution in [2.45, 2.75) is 52.5 Å². The van der Waals surface area contributed by atoms with Crippen molar-refractivity contribution >= 4 is 41.2 Å². The van der Waals surface area contributed by atoms with E-state index in [1.807, 2.05) is 26.0 Å². The number of likely N-dealkylation sites (tertiary alicyclic amines) is 1. The van der Waals surface area contributed by atoms with E-state index in [1.54, 1.807) is 55.3 Å². The second-order valence-electron chi connectivity index (χ2n) is 10.8. The number of terminal acetylenes is 1. The first-order chi connectivity index (χ1) is 23.1. The molecule has 3 amide bonds. The number of rotatable bonds is 14. The molecule has 0 spiro atoms. The highest BCUT2D eigenvalue weighted by molar-refractivity contribution is 6.30. The summed E-state index contributed by atoms with van der Waals surface area (Å²) in [5.41, 5.74) is 7.87. The van der Waals surface area contributed by atoms with Crippen LogP contribution in [0.4, 0.5) is 15.3 Å². The van der Waals surface area contributed by atoms with Crippen LogP contribution in [0.3, 0.4) is 0 Å². The molecule has 2 aromatic rings. The molecule has 260 valence electrons. The Kier molecular flexibility index (Phi) is 16.8. The number of aryl methyl sites for hydroxylation is 1. The lowest BCUT2D eigenvalue weighted by Crippen LogP contribution is -2.49. The average Bonchev–Trinajstić information content (AvgIpc) is 3.65. The predicted molar refractivity (Wildman–Crippen MR) is 191 cm³/mol. The van der Waals surface area contributed by atoms with Gasteiger partial charge in [0.25, 0.3) is 0 Å². The van der Waals surface area contributed by atoms with Crippen LogP contribution in [0.15, 0.2) is 65.4 Å². The van der Waals surface area contributed by atoms with Crippen LogP contribution in [0.2, 0.25) is 5.02 Å². The van der Waals surface area contributed by atoms with Crippen molar-refractivity contribution in [1.82, 2.24) is 20.0 Å². The summed E-state index contributed by atoms with van der Waals surface area (Å²) in [4.78, 5) is 49.8. The Labute approximate surface area is 289 Å². The number of nitrogens with one attached hydrogen (secondary N) is 1. The molecule has 12 nitrogen and oxygen atoms in total. The van der Waals surface area contributed by atoms with Gasteiger partial charge in [0.15, 0.2) is 0 Å². The van der Waals surface area contributed by atoms with Gasteiger partial charge in [0, 0.05) is 43.6 Å². The van der Waals surface area contributed by atoms with Crippen LogP contribution in [-0.2, 0) is 11.2 Å². The molecule has 0 radical (unpaired) electrons. The summed E-state index contributed by atoms with van der Waals surface area (Å²) in [5, 5.41) is 13.8. The van der Waals surface area contributed by atoms with Gasteiger partial charge in [-0.2, -0.15) is 0 Å². The third kappa shape index (κ3) is 11.5. The zero-order chi connectivity index (χ0) is 35.6. The van der Waals surface area contributed by atoms with Crippen LogP contribution in [0.5, 0.6) is 5.75 Å². The predicted octanol–water partition coefficient (Wildman–Crippen LogP) is 5.24. The Morgan fingerprint density at radius 2 is 1.65 bits per heavy atom. The smallest absolute Gasteiger partial charge is 0.415 e. The summed E-state index contributed by atoms with van der Waals surface area (Å²) in [6.45, 7) is 9.21. The fraction of sp³-hybridized carbons (Fsp3) is 0.429. The van der Waals surface area contributed by atoms with E-state index in [9.17, 15) is 19.5 Å². The molecule has 13 heteroatoms. The van der Waals surface area contributed by atoms with Crippen LogP contribution in [0.25, 0.3) is 0 Å². The van der Waals surface area contributed by atoms with Gasteiger partial charge in [-0.15, -0.1) is 12.8 Å². The molecule has 0 saturated carbocycles.